The Bertz CT molecular complexity index is 526. The third-order valence-electron chi connectivity index (χ3n) is 2.45. The van der Waals surface area contributed by atoms with Crippen LogP contribution < -0.4 is 10.1 Å². The van der Waals surface area contributed by atoms with E-state index < -0.39 is 12.8 Å². The smallest absolute Gasteiger partial charge is 0.422 e. The number of rotatable bonds is 5. The van der Waals surface area contributed by atoms with Gasteiger partial charge in [-0.15, -0.1) is 0 Å². The van der Waals surface area contributed by atoms with Crippen molar-refractivity contribution in [3.63, 3.8) is 0 Å². The highest BCUT2D eigenvalue weighted by Crippen LogP contribution is 2.17. The summed E-state index contributed by atoms with van der Waals surface area (Å²) in [5, 5.41) is 3.18. The Morgan fingerprint density at radius 3 is 2.40 bits per heavy atom. The zero-order valence-electron chi connectivity index (χ0n) is 10.5. The molecule has 0 spiro atoms. The summed E-state index contributed by atoms with van der Waals surface area (Å²) in [6.07, 6.45) is -2.86. The standard InChI is InChI=1S/C14H13F3N2O/c15-14(16,17)10-20-13-7-6-11(9-19-13)8-18-12-4-2-1-3-5-12/h1-7,9,18H,8,10H2. The minimum atomic E-state index is -4.35. The molecule has 0 saturated heterocycles. The van der Waals surface area contributed by atoms with Gasteiger partial charge >= 0.3 is 6.18 Å². The minimum Gasteiger partial charge on any atom is -0.468 e. The lowest BCUT2D eigenvalue weighted by molar-refractivity contribution is -0.154. The highest BCUT2D eigenvalue weighted by atomic mass is 19.4. The van der Waals surface area contributed by atoms with E-state index in [1.165, 1.54) is 12.3 Å². The Balaban J connectivity index is 1.85. The molecule has 0 fully saturated rings. The second-order valence-electron chi connectivity index (χ2n) is 4.13. The van der Waals surface area contributed by atoms with Crippen LogP contribution >= 0.6 is 0 Å². The maximum Gasteiger partial charge on any atom is 0.422 e. The van der Waals surface area contributed by atoms with Crippen molar-refractivity contribution in [3.8, 4) is 5.88 Å². The average molecular weight is 282 g/mol. The molecule has 0 aliphatic heterocycles. The molecule has 0 unspecified atom stereocenters. The molecule has 0 saturated carbocycles. The van der Waals surface area contributed by atoms with Gasteiger partial charge in [-0.1, -0.05) is 24.3 Å². The number of pyridine rings is 1. The van der Waals surface area contributed by atoms with Gasteiger partial charge in [0.2, 0.25) is 5.88 Å². The number of aromatic nitrogens is 1. The predicted octanol–water partition coefficient (Wildman–Crippen LogP) is 3.63. The summed E-state index contributed by atoms with van der Waals surface area (Å²) in [6.45, 7) is -0.793. The van der Waals surface area contributed by atoms with Crippen molar-refractivity contribution in [2.75, 3.05) is 11.9 Å². The first-order valence-corrected chi connectivity index (χ1v) is 5.96. The highest BCUT2D eigenvalue weighted by Gasteiger charge is 2.28. The molecule has 6 heteroatoms. The fourth-order valence-electron chi connectivity index (χ4n) is 1.52. The van der Waals surface area contributed by atoms with Gasteiger partial charge in [-0.05, 0) is 17.7 Å². The molecule has 2 rings (SSSR count). The van der Waals surface area contributed by atoms with Crippen LogP contribution in [-0.4, -0.2) is 17.8 Å². The molecule has 1 aromatic carbocycles. The zero-order valence-corrected chi connectivity index (χ0v) is 10.5. The van der Waals surface area contributed by atoms with Gasteiger partial charge in [-0.25, -0.2) is 4.98 Å². The van der Waals surface area contributed by atoms with Crippen LogP contribution in [0.15, 0.2) is 48.7 Å². The van der Waals surface area contributed by atoms with E-state index >= 15 is 0 Å². The number of alkyl halides is 3. The number of para-hydroxylation sites is 1. The summed E-state index contributed by atoms with van der Waals surface area (Å²) < 4.78 is 40.4. The molecule has 20 heavy (non-hydrogen) atoms. The Labute approximate surface area is 114 Å². The lowest BCUT2D eigenvalue weighted by Crippen LogP contribution is -2.19. The molecule has 2 aromatic rings. The Hall–Kier alpha value is -2.24. The van der Waals surface area contributed by atoms with Gasteiger partial charge in [0.15, 0.2) is 6.61 Å². The summed E-state index contributed by atoms with van der Waals surface area (Å²) >= 11 is 0. The first kappa shape index (κ1) is 14.2. The molecule has 106 valence electrons. The van der Waals surface area contributed by atoms with E-state index in [1.54, 1.807) is 6.07 Å². The van der Waals surface area contributed by atoms with E-state index in [4.69, 9.17) is 0 Å². The predicted molar refractivity (Wildman–Crippen MR) is 69.6 cm³/mol. The van der Waals surface area contributed by atoms with E-state index in [0.29, 0.717) is 6.54 Å². The van der Waals surface area contributed by atoms with Crippen molar-refractivity contribution in [3.05, 3.63) is 54.2 Å². The number of hydrogen-bond acceptors (Lipinski definition) is 3. The largest absolute Gasteiger partial charge is 0.468 e. The van der Waals surface area contributed by atoms with Crippen molar-refractivity contribution in [2.45, 2.75) is 12.7 Å². The maximum atomic E-state index is 12.0. The van der Waals surface area contributed by atoms with Crippen LogP contribution in [0.1, 0.15) is 5.56 Å². The molecule has 1 aromatic heterocycles. The molecule has 1 N–H and O–H groups in total. The quantitative estimate of drug-likeness (QED) is 0.909. The van der Waals surface area contributed by atoms with Gasteiger partial charge in [-0.2, -0.15) is 13.2 Å². The number of nitrogens with one attached hydrogen (secondary N) is 1. The second-order valence-corrected chi connectivity index (χ2v) is 4.13. The summed E-state index contributed by atoms with van der Waals surface area (Å²) in [4.78, 5) is 3.83. The number of ether oxygens (including phenoxy) is 1. The van der Waals surface area contributed by atoms with Crippen molar-refractivity contribution in [2.24, 2.45) is 0 Å². The van der Waals surface area contributed by atoms with Crippen LogP contribution in [0.2, 0.25) is 0 Å². The highest BCUT2D eigenvalue weighted by molar-refractivity contribution is 5.43. The van der Waals surface area contributed by atoms with Crippen LogP contribution in [0.5, 0.6) is 5.88 Å². The lowest BCUT2D eigenvalue weighted by atomic mass is 10.2. The van der Waals surface area contributed by atoms with Gasteiger partial charge < -0.3 is 10.1 Å². The SMILES string of the molecule is FC(F)(F)COc1ccc(CNc2ccccc2)cn1. The topological polar surface area (TPSA) is 34.1 Å². The molecule has 0 amide bonds. The number of hydrogen-bond donors (Lipinski definition) is 1. The molecule has 0 aliphatic rings. The normalized spacial score (nSPS) is 11.2. The van der Waals surface area contributed by atoms with Crippen molar-refractivity contribution >= 4 is 5.69 Å². The monoisotopic (exact) mass is 282 g/mol. The summed E-state index contributed by atoms with van der Waals surface area (Å²) in [6, 6.07) is 12.7. The van der Waals surface area contributed by atoms with Crippen molar-refractivity contribution in [1.29, 1.82) is 0 Å². The van der Waals surface area contributed by atoms with E-state index in [0.717, 1.165) is 11.3 Å². The molecule has 0 aliphatic carbocycles. The Morgan fingerprint density at radius 2 is 1.80 bits per heavy atom. The number of anilines is 1. The third kappa shape index (κ3) is 4.79. The third-order valence-corrected chi connectivity index (χ3v) is 2.45. The van der Waals surface area contributed by atoms with E-state index in [-0.39, 0.29) is 5.88 Å². The summed E-state index contributed by atoms with van der Waals surface area (Å²) in [5.41, 5.74) is 1.82. The van der Waals surface area contributed by atoms with E-state index in [9.17, 15) is 13.2 Å². The molecular formula is C14H13F3N2O. The van der Waals surface area contributed by atoms with Crippen molar-refractivity contribution in [1.82, 2.24) is 4.98 Å². The van der Waals surface area contributed by atoms with Crippen LogP contribution in [0.4, 0.5) is 18.9 Å². The van der Waals surface area contributed by atoms with Crippen molar-refractivity contribution < 1.29 is 17.9 Å². The summed E-state index contributed by atoms with van der Waals surface area (Å²) in [5.74, 6) is -0.0363. The number of benzene rings is 1. The van der Waals surface area contributed by atoms with Gasteiger partial charge in [-0.3, -0.25) is 0 Å². The van der Waals surface area contributed by atoms with Gasteiger partial charge in [0.25, 0.3) is 0 Å². The fraction of sp³-hybridized carbons (Fsp3) is 0.214. The minimum absolute atomic E-state index is 0.0363. The summed E-state index contributed by atoms with van der Waals surface area (Å²) in [7, 11) is 0. The zero-order chi connectivity index (χ0) is 14.4. The Kier molecular flexibility index (Phi) is 4.45. The van der Waals surface area contributed by atoms with Gasteiger partial charge in [0.05, 0.1) is 0 Å². The molecule has 3 nitrogen and oxygen atoms in total. The lowest BCUT2D eigenvalue weighted by Gasteiger charge is -2.09. The number of nitrogens with zero attached hydrogens (tertiary/aromatic N) is 1. The number of halogens is 3. The first-order valence-electron chi connectivity index (χ1n) is 5.96. The fourth-order valence-corrected chi connectivity index (χ4v) is 1.52. The van der Waals surface area contributed by atoms with Gasteiger partial charge in [0, 0.05) is 24.5 Å². The van der Waals surface area contributed by atoms with Gasteiger partial charge in [0.1, 0.15) is 0 Å². The second kappa shape index (κ2) is 6.27. The van der Waals surface area contributed by atoms with Crippen LogP contribution in [0.3, 0.4) is 0 Å². The Morgan fingerprint density at radius 1 is 1.05 bits per heavy atom. The molecule has 0 bridgehead atoms. The molecule has 0 radical (unpaired) electrons. The van der Waals surface area contributed by atoms with Crippen LogP contribution in [-0.2, 0) is 6.54 Å². The van der Waals surface area contributed by atoms with Crippen LogP contribution in [0.25, 0.3) is 0 Å². The average Bonchev–Trinajstić information content (AvgIpc) is 2.44. The van der Waals surface area contributed by atoms with Crippen LogP contribution in [0, 0.1) is 0 Å². The molecular weight excluding hydrogens is 269 g/mol. The maximum absolute atomic E-state index is 12.0. The molecule has 0 atom stereocenters. The van der Waals surface area contributed by atoms with E-state index in [1.807, 2.05) is 30.3 Å². The molecule has 1 heterocycles. The first-order chi connectivity index (χ1) is 9.53. The van der Waals surface area contributed by atoms with E-state index in [2.05, 4.69) is 15.0 Å².